The van der Waals surface area contributed by atoms with Crippen molar-refractivity contribution < 1.29 is 22.7 Å². The smallest absolute Gasteiger partial charge is 0.225 e. The third-order valence-corrected chi connectivity index (χ3v) is 6.66. The maximum atomic E-state index is 14.4. The second-order valence-corrected chi connectivity index (χ2v) is 8.95. The van der Waals surface area contributed by atoms with Crippen molar-refractivity contribution in [3.05, 3.63) is 36.0 Å². The third kappa shape index (κ3) is 4.75. The fraction of sp³-hybridized carbons (Fsp3) is 0.478. The van der Waals surface area contributed by atoms with Gasteiger partial charge in [-0.05, 0) is 50.7 Å². The first-order valence-corrected chi connectivity index (χ1v) is 11.7. The molecule has 12 heteroatoms. The second kappa shape index (κ2) is 9.68. The number of hydrogen-bond donors (Lipinski definition) is 3. The van der Waals surface area contributed by atoms with Crippen LogP contribution < -0.4 is 16.4 Å². The van der Waals surface area contributed by atoms with Crippen LogP contribution in [0.1, 0.15) is 44.6 Å². The number of para-hydroxylation sites is 1. The lowest BCUT2D eigenvalue weighted by atomic mass is 9.85. The van der Waals surface area contributed by atoms with Gasteiger partial charge in [0.1, 0.15) is 22.8 Å². The van der Waals surface area contributed by atoms with Gasteiger partial charge in [-0.15, -0.1) is 0 Å². The third-order valence-electron chi connectivity index (χ3n) is 6.66. The van der Waals surface area contributed by atoms with Crippen LogP contribution in [0, 0.1) is 17.6 Å². The summed E-state index contributed by atoms with van der Waals surface area (Å²) in [4.78, 5) is 25.0. The number of anilines is 3. The number of hydrogen-bond acceptors (Lipinski definition) is 7. The molecule has 0 unspecified atom stereocenters. The number of carbonyl (C=O) groups is 1. The number of imidazole rings is 1. The monoisotopic (exact) mass is 489 g/mol. The predicted octanol–water partition coefficient (Wildman–Crippen LogP) is 3.95. The number of nitrogens with two attached hydrogens (primary N) is 1. The highest BCUT2D eigenvalue weighted by molar-refractivity contribution is 5.78. The first-order chi connectivity index (χ1) is 16.9. The van der Waals surface area contributed by atoms with Gasteiger partial charge in [0.25, 0.3) is 0 Å². The van der Waals surface area contributed by atoms with Crippen molar-refractivity contribution in [1.82, 2.24) is 19.5 Å². The van der Waals surface area contributed by atoms with Gasteiger partial charge in [0, 0.05) is 12.0 Å². The Hall–Kier alpha value is -3.41. The number of nitrogens with zero attached hydrogens (tertiary/aromatic N) is 4. The number of ether oxygens (including phenoxy) is 1. The van der Waals surface area contributed by atoms with Gasteiger partial charge in [-0.3, -0.25) is 9.36 Å². The van der Waals surface area contributed by atoms with Gasteiger partial charge >= 0.3 is 0 Å². The van der Waals surface area contributed by atoms with E-state index in [9.17, 15) is 18.0 Å². The van der Waals surface area contributed by atoms with Gasteiger partial charge in [0.05, 0.1) is 18.8 Å². The predicted molar refractivity (Wildman–Crippen MR) is 123 cm³/mol. The largest absolute Gasteiger partial charge is 0.369 e. The Labute approximate surface area is 199 Å². The number of carbonyl (C=O) groups excluding carboxylic acids is 1. The molecule has 1 aliphatic heterocycles. The fourth-order valence-corrected chi connectivity index (χ4v) is 4.79. The molecule has 9 nitrogen and oxygen atoms in total. The molecule has 2 atom stereocenters. The zero-order chi connectivity index (χ0) is 24.5. The average molecular weight is 490 g/mol. The van der Waals surface area contributed by atoms with E-state index in [4.69, 9.17) is 10.5 Å². The lowest BCUT2D eigenvalue weighted by Crippen LogP contribution is -2.37. The van der Waals surface area contributed by atoms with Crippen LogP contribution in [0.15, 0.2) is 24.4 Å². The summed E-state index contributed by atoms with van der Waals surface area (Å²) in [6, 6.07) is 2.84. The maximum Gasteiger partial charge on any atom is 0.225 e. The van der Waals surface area contributed by atoms with Crippen LogP contribution in [0.5, 0.6) is 0 Å². The van der Waals surface area contributed by atoms with Gasteiger partial charge in [-0.2, -0.15) is 4.98 Å². The van der Waals surface area contributed by atoms with Crippen LogP contribution in [0.25, 0.3) is 11.2 Å². The van der Waals surface area contributed by atoms with Crippen LogP contribution in [0.4, 0.5) is 30.8 Å². The van der Waals surface area contributed by atoms with Crippen molar-refractivity contribution >= 4 is 34.7 Å². The molecule has 0 bridgehead atoms. The first kappa shape index (κ1) is 23.3. The van der Waals surface area contributed by atoms with Gasteiger partial charge < -0.3 is 21.1 Å². The number of benzene rings is 1. The normalized spacial score (nSPS) is 24.9. The Morgan fingerprint density at radius 3 is 2.54 bits per heavy atom. The number of alkyl halides is 1. The molecule has 35 heavy (non-hydrogen) atoms. The van der Waals surface area contributed by atoms with E-state index in [1.54, 1.807) is 4.57 Å². The summed E-state index contributed by atoms with van der Waals surface area (Å²) in [5, 5.41) is 5.77. The van der Waals surface area contributed by atoms with Gasteiger partial charge in [0.15, 0.2) is 5.65 Å². The molecule has 3 heterocycles. The van der Waals surface area contributed by atoms with Crippen LogP contribution in [0.2, 0.25) is 0 Å². The summed E-state index contributed by atoms with van der Waals surface area (Å²) >= 11 is 0. The van der Waals surface area contributed by atoms with E-state index in [-0.39, 0.29) is 35.5 Å². The van der Waals surface area contributed by atoms with Gasteiger partial charge in [-0.1, -0.05) is 6.07 Å². The molecule has 0 spiro atoms. The zero-order valence-electron chi connectivity index (χ0n) is 18.9. The van der Waals surface area contributed by atoms with Crippen molar-refractivity contribution in [3.63, 3.8) is 0 Å². The molecule has 0 radical (unpaired) electrons. The maximum absolute atomic E-state index is 14.4. The molecule has 186 valence electrons. The molecular formula is C23H26F3N7O2. The Balaban J connectivity index is 1.52. The molecule has 1 aliphatic carbocycles. The number of nitrogens with one attached hydrogen (secondary N) is 2. The van der Waals surface area contributed by atoms with Crippen LogP contribution in [0.3, 0.4) is 0 Å². The lowest BCUT2D eigenvalue weighted by molar-refractivity contribution is -0.122. The minimum absolute atomic E-state index is 0.150. The Bertz CT molecular complexity index is 1210. The van der Waals surface area contributed by atoms with E-state index in [1.165, 1.54) is 12.3 Å². The van der Waals surface area contributed by atoms with Crippen molar-refractivity contribution in [2.45, 2.75) is 57.0 Å². The molecule has 1 saturated heterocycles. The molecule has 5 rings (SSSR count). The standard InChI is InChI=1S/C23H26F3N7O2/c24-14-3-1-4-15(25)18(14)31-23-30-17-11-28-22(29-16-5-2-10-35-19(16)26)32-21(17)33(23)13-8-6-12(7-9-13)20(27)34/h1,3-4,11-13,16,19H,2,5-10H2,(H2,27,34)(H,30,31)(H,28,29,32)/t12-,13+,16-,19-/m0/s1. The fourth-order valence-electron chi connectivity index (χ4n) is 4.79. The summed E-state index contributed by atoms with van der Waals surface area (Å²) in [7, 11) is 0. The van der Waals surface area contributed by atoms with Gasteiger partial charge in [-0.25, -0.2) is 23.1 Å². The molecule has 1 amide bonds. The highest BCUT2D eigenvalue weighted by Crippen LogP contribution is 2.37. The minimum Gasteiger partial charge on any atom is -0.369 e. The summed E-state index contributed by atoms with van der Waals surface area (Å²) < 4.78 is 49.8. The van der Waals surface area contributed by atoms with Crippen molar-refractivity contribution in [1.29, 1.82) is 0 Å². The number of primary amides is 1. The second-order valence-electron chi connectivity index (χ2n) is 8.95. The number of amides is 1. The van der Waals surface area contributed by atoms with E-state index in [0.29, 0.717) is 56.3 Å². The summed E-state index contributed by atoms with van der Waals surface area (Å²) in [6.07, 6.45) is 3.64. The average Bonchev–Trinajstić information content (AvgIpc) is 3.20. The quantitative estimate of drug-likeness (QED) is 0.480. The number of aromatic nitrogens is 4. The van der Waals surface area contributed by atoms with Crippen molar-refractivity contribution in [2.24, 2.45) is 11.7 Å². The number of halogens is 3. The van der Waals surface area contributed by atoms with Crippen LogP contribution in [-0.2, 0) is 9.53 Å². The Morgan fingerprint density at radius 2 is 1.86 bits per heavy atom. The number of rotatable bonds is 6. The Morgan fingerprint density at radius 1 is 1.11 bits per heavy atom. The summed E-state index contributed by atoms with van der Waals surface area (Å²) in [5.74, 6) is -1.69. The zero-order valence-corrected chi connectivity index (χ0v) is 18.9. The molecule has 4 N–H and O–H groups in total. The van der Waals surface area contributed by atoms with Crippen molar-refractivity contribution in [2.75, 3.05) is 17.2 Å². The highest BCUT2D eigenvalue weighted by atomic mass is 19.1. The first-order valence-electron chi connectivity index (χ1n) is 11.7. The summed E-state index contributed by atoms with van der Waals surface area (Å²) in [6.45, 7) is 0.363. The molecular weight excluding hydrogens is 463 g/mol. The van der Waals surface area contributed by atoms with E-state index < -0.39 is 24.0 Å². The molecule has 2 aromatic heterocycles. The highest BCUT2D eigenvalue weighted by Gasteiger charge is 2.30. The number of fused-ring (bicyclic) bond motifs is 1. The van der Waals surface area contributed by atoms with E-state index in [2.05, 4.69) is 25.6 Å². The molecule has 1 aromatic carbocycles. The minimum atomic E-state index is -1.47. The molecule has 2 fully saturated rings. The molecule has 2 aliphatic rings. The van der Waals surface area contributed by atoms with E-state index in [0.717, 1.165) is 12.1 Å². The van der Waals surface area contributed by atoms with Crippen LogP contribution >= 0.6 is 0 Å². The molecule has 3 aromatic rings. The van der Waals surface area contributed by atoms with Crippen molar-refractivity contribution in [3.8, 4) is 0 Å². The van der Waals surface area contributed by atoms with Crippen LogP contribution in [-0.4, -0.2) is 44.4 Å². The van der Waals surface area contributed by atoms with E-state index in [1.807, 2.05) is 0 Å². The molecule has 1 saturated carbocycles. The topological polar surface area (TPSA) is 120 Å². The summed E-state index contributed by atoms with van der Waals surface area (Å²) in [5.41, 5.74) is 5.98. The SMILES string of the molecule is NC(=O)[C@H]1CC[C@@H](n2c(Nc3c(F)cccc3F)nc3cnc(N[C@H]4CCCO[C@@H]4F)nc32)CC1. The van der Waals surface area contributed by atoms with Gasteiger partial charge in [0.2, 0.25) is 24.2 Å². The lowest BCUT2D eigenvalue weighted by Gasteiger charge is -2.29. The van der Waals surface area contributed by atoms with E-state index >= 15 is 0 Å². The Kier molecular flexibility index (Phi) is 6.46.